The Morgan fingerprint density at radius 1 is 0.833 bits per heavy atom. The molecule has 0 bridgehead atoms. The molecular formula is C12H20N2O4. The molecular weight excluding hydrogens is 236 g/mol. The summed E-state index contributed by atoms with van der Waals surface area (Å²) in [6.45, 7) is 4.51. The minimum Gasteiger partial charge on any atom is -0.469 e. The van der Waals surface area contributed by atoms with Crippen molar-refractivity contribution >= 4 is 23.4 Å². The highest BCUT2D eigenvalue weighted by molar-refractivity contribution is 5.98. The number of aliphatic imine (C=N–C) groups is 2. The average molecular weight is 256 g/mol. The molecule has 0 amide bonds. The van der Waals surface area contributed by atoms with Crippen molar-refractivity contribution in [3.8, 4) is 0 Å². The molecule has 0 aromatic heterocycles. The molecule has 0 spiro atoms. The first-order valence-electron chi connectivity index (χ1n) is 5.63. The van der Waals surface area contributed by atoms with Crippen LogP contribution in [0.1, 0.15) is 26.7 Å². The Morgan fingerprint density at radius 3 is 1.44 bits per heavy atom. The molecule has 0 N–H and O–H groups in total. The lowest BCUT2D eigenvalue weighted by molar-refractivity contribution is -0.140. The van der Waals surface area contributed by atoms with Gasteiger partial charge in [0.2, 0.25) is 0 Å². The van der Waals surface area contributed by atoms with E-state index in [0.717, 1.165) is 0 Å². The van der Waals surface area contributed by atoms with Crippen LogP contribution >= 0.6 is 0 Å². The van der Waals surface area contributed by atoms with Gasteiger partial charge in [0.15, 0.2) is 0 Å². The third-order valence-electron chi connectivity index (χ3n) is 2.12. The normalized spacial score (nSPS) is 12.2. The van der Waals surface area contributed by atoms with Gasteiger partial charge < -0.3 is 9.47 Å². The maximum atomic E-state index is 10.9. The Bertz CT molecular complexity index is 314. The van der Waals surface area contributed by atoms with E-state index in [2.05, 4.69) is 19.5 Å². The second-order valence-corrected chi connectivity index (χ2v) is 3.74. The molecule has 0 aromatic carbocycles. The molecule has 18 heavy (non-hydrogen) atoms. The number of methoxy groups -OCH3 is 2. The molecule has 0 saturated heterocycles. The van der Waals surface area contributed by atoms with Crippen molar-refractivity contribution in [3.63, 3.8) is 0 Å². The number of hydrogen-bond acceptors (Lipinski definition) is 6. The Hall–Kier alpha value is -1.72. The summed E-state index contributed by atoms with van der Waals surface area (Å²) in [4.78, 5) is 30.2. The number of esters is 2. The van der Waals surface area contributed by atoms with Gasteiger partial charge in [0.1, 0.15) is 0 Å². The number of hydrogen-bond donors (Lipinski definition) is 0. The first-order valence-corrected chi connectivity index (χ1v) is 5.63. The van der Waals surface area contributed by atoms with Gasteiger partial charge in [0.25, 0.3) is 0 Å². The maximum absolute atomic E-state index is 10.9. The first kappa shape index (κ1) is 16.3. The molecule has 0 aliphatic rings. The van der Waals surface area contributed by atoms with Gasteiger partial charge in [-0.25, -0.2) is 0 Å². The molecule has 0 unspecified atom stereocenters. The molecule has 0 heterocycles. The molecule has 0 aromatic rings. The summed E-state index contributed by atoms with van der Waals surface area (Å²) in [5, 5.41) is 0. The molecule has 0 fully saturated rings. The maximum Gasteiger partial charge on any atom is 0.311 e. The largest absolute Gasteiger partial charge is 0.469 e. The lowest BCUT2D eigenvalue weighted by atomic mass is 10.3. The van der Waals surface area contributed by atoms with Crippen molar-refractivity contribution in [3.05, 3.63) is 0 Å². The lowest BCUT2D eigenvalue weighted by Gasteiger charge is -2.00. The SMILES string of the molecule is COC(=O)CC(C)=NCCN=C(C)CC(=O)OC. The second-order valence-electron chi connectivity index (χ2n) is 3.74. The molecule has 0 atom stereocenters. The molecule has 6 heteroatoms. The van der Waals surface area contributed by atoms with E-state index < -0.39 is 0 Å². The van der Waals surface area contributed by atoms with Crippen LogP contribution in [0.4, 0.5) is 0 Å². The Balaban J connectivity index is 3.96. The molecule has 0 aliphatic carbocycles. The Kier molecular flexibility index (Phi) is 8.43. The lowest BCUT2D eigenvalue weighted by Crippen LogP contribution is -2.08. The minimum atomic E-state index is -0.304. The fourth-order valence-electron chi connectivity index (χ4n) is 1.16. The highest BCUT2D eigenvalue weighted by Crippen LogP contribution is 1.92. The van der Waals surface area contributed by atoms with Gasteiger partial charge >= 0.3 is 11.9 Å². The zero-order valence-corrected chi connectivity index (χ0v) is 11.4. The standard InChI is InChI=1S/C12H20N2O4/c1-9(7-11(15)17-3)13-5-6-14-10(2)8-12(16)18-4/h5-8H2,1-4H3. The van der Waals surface area contributed by atoms with E-state index >= 15 is 0 Å². The molecule has 102 valence electrons. The minimum absolute atomic E-state index is 0.196. The molecule has 0 saturated carbocycles. The van der Waals surface area contributed by atoms with E-state index in [4.69, 9.17) is 0 Å². The smallest absolute Gasteiger partial charge is 0.311 e. The van der Waals surface area contributed by atoms with Gasteiger partial charge in [0.05, 0.1) is 40.2 Å². The first-order chi connectivity index (χ1) is 8.49. The Morgan fingerprint density at radius 2 is 1.17 bits per heavy atom. The molecule has 0 rings (SSSR count). The van der Waals surface area contributed by atoms with Crippen LogP contribution in [-0.2, 0) is 19.1 Å². The van der Waals surface area contributed by atoms with Gasteiger partial charge in [-0.1, -0.05) is 0 Å². The van der Waals surface area contributed by atoms with E-state index in [1.54, 1.807) is 13.8 Å². The van der Waals surface area contributed by atoms with Crippen LogP contribution in [0.15, 0.2) is 9.98 Å². The van der Waals surface area contributed by atoms with Crippen LogP contribution in [0, 0.1) is 0 Å². The predicted octanol–water partition coefficient (Wildman–Crippen LogP) is 1.03. The van der Waals surface area contributed by atoms with Crippen molar-refractivity contribution in [2.45, 2.75) is 26.7 Å². The van der Waals surface area contributed by atoms with Crippen LogP contribution < -0.4 is 0 Å². The van der Waals surface area contributed by atoms with Crippen molar-refractivity contribution in [1.29, 1.82) is 0 Å². The van der Waals surface area contributed by atoms with Crippen LogP contribution in [0.5, 0.6) is 0 Å². The zero-order chi connectivity index (χ0) is 14.0. The topological polar surface area (TPSA) is 77.3 Å². The monoisotopic (exact) mass is 256 g/mol. The van der Waals surface area contributed by atoms with Gasteiger partial charge in [-0.05, 0) is 13.8 Å². The van der Waals surface area contributed by atoms with Crippen LogP contribution in [0.3, 0.4) is 0 Å². The summed E-state index contributed by atoms with van der Waals surface area (Å²) in [6, 6.07) is 0. The van der Waals surface area contributed by atoms with Crippen LogP contribution in [-0.4, -0.2) is 50.7 Å². The third-order valence-corrected chi connectivity index (χ3v) is 2.12. The van der Waals surface area contributed by atoms with Crippen LogP contribution in [0.2, 0.25) is 0 Å². The fraction of sp³-hybridized carbons (Fsp3) is 0.667. The number of ether oxygens (including phenoxy) is 2. The highest BCUT2D eigenvalue weighted by atomic mass is 16.5. The van der Waals surface area contributed by atoms with Gasteiger partial charge in [-0.3, -0.25) is 19.6 Å². The molecule has 0 radical (unpaired) electrons. The summed E-state index contributed by atoms with van der Waals surface area (Å²) in [6.07, 6.45) is 0.392. The van der Waals surface area contributed by atoms with Crippen molar-refractivity contribution in [2.75, 3.05) is 27.3 Å². The van der Waals surface area contributed by atoms with Crippen LogP contribution in [0.25, 0.3) is 0 Å². The summed E-state index contributed by atoms with van der Waals surface area (Å²) < 4.78 is 9.05. The third kappa shape index (κ3) is 8.43. The Labute approximate surface area is 107 Å². The van der Waals surface area contributed by atoms with Crippen molar-refractivity contribution in [2.24, 2.45) is 9.98 Å². The van der Waals surface area contributed by atoms with E-state index in [9.17, 15) is 9.59 Å². The quantitative estimate of drug-likeness (QED) is 0.387. The summed E-state index contributed by atoms with van der Waals surface area (Å²) >= 11 is 0. The van der Waals surface area contributed by atoms with E-state index in [0.29, 0.717) is 24.5 Å². The molecule has 6 nitrogen and oxygen atoms in total. The summed E-state index contributed by atoms with van der Waals surface area (Å²) in [7, 11) is 2.69. The zero-order valence-electron chi connectivity index (χ0n) is 11.4. The van der Waals surface area contributed by atoms with E-state index in [1.165, 1.54) is 14.2 Å². The second kappa shape index (κ2) is 9.32. The summed E-state index contributed by atoms with van der Waals surface area (Å²) in [5.41, 5.74) is 1.42. The fourth-order valence-corrected chi connectivity index (χ4v) is 1.16. The van der Waals surface area contributed by atoms with Crippen molar-refractivity contribution in [1.82, 2.24) is 0 Å². The predicted molar refractivity (Wildman–Crippen MR) is 69.2 cm³/mol. The molecule has 0 aliphatic heterocycles. The van der Waals surface area contributed by atoms with Gasteiger partial charge in [-0.15, -0.1) is 0 Å². The van der Waals surface area contributed by atoms with E-state index in [-0.39, 0.29) is 24.8 Å². The summed E-state index contributed by atoms with van der Waals surface area (Å²) in [5.74, 6) is -0.608. The number of carbonyl (C=O) groups excluding carboxylic acids is 2. The van der Waals surface area contributed by atoms with E-state index in [1.807, 2.05) is 0 Å². The average Bonchev–Trinajstić information content (AvgIpc) is 2.34. The number of carbonyl (C=O) groups is 2. The number of nitrogens with zero attached hydrogens (tertiary/aromatic N) is 2. The van der Waals surface area contributed by atoms with Crippen molar-refractivity contribution < 1.29 is 19.1 Å². The van der Waals surface area contributed by atoms with Gasteiger partial charge in [0, 0.05) is 11.4 Å². The number of rotatable bonds is 7. The van der Waals surface area contributed by atoms with Gasteiger partial charge in [-0.2, -0.15) is 0 Å². The highest BCUT2D eigenvalue weighted by Gasteiger charge is 2.03.